The Hall–Kier alpha value is -1.60. The summed E-state index contributed by atoms with van der Waals surface area (Å²) in [7, 11) is 0. The first-order valence-electron chi connectivity index (χ1n) is 7.45. The molecule has 1 atom stereocenters. The van der Waals surface area contributed by atoms with E-state index in [0.717, 1.165) is 31.6 Å². The molecule has 0 spiro atoms. The zero-order valence-electron chi connectivity index (χ0n) is 12.1. The van der Waals surface area contributed by atoms with Gasteiger partial charge in [0.1, 0.15) is 0 Å². The van der Waals surface area contributed by atoms with Crippen LogP contribution in [-0.4, -0.2) is 61.0 Å². The molecule has 2 fully saturated rings. The fourth-order valence-electron chi connectivity index (χ4n) is 3.10. The van der Waals surface area contributed by atoms with Gasteiger partial charge in [0.25, 0.3) is 5.91 Å². The first kappa shape index (κ1) is 15.3. The van der Waals surface area contributed by atoms with Gasteiger partial charge in [0.15, 0.2) is 17.5 Å². The third kappa shape index (κ3) is 2.83. The van der Waals surface area contributed by atoms with E-state index in [4.69, 9.17) is 0 Å². The molecule has 4 nitrogen and oxygen atoms in total. The molecule has 1 aromatic carbocycles. The lowest BCUT2D eigenvalue weighted by atomic mass is 10.1. The zero-order chi connectivity index (χ0) is 15.7. The minimum atomic E-state index is -1.60. The molecule has 0 saturated carbocycles. The molecule has 0 bridgehead atoms. The zero-order valence-corrected chi connectivity index (χ0v) is 12.1. The molecule has 120 valence electrons. The molecule has 22 heavy (non-hydrogen) atoms. The number of piperazine rings is 1. The van der Waals surface area contributed by atoms with Crippen molar-refractivity contribution >= 4 is 5.91 Å². The highest BCUT2D eigenvalue weighted by atomic mass is 19.2. The minimum Gasteiger partial charge on any atom is -0.336 e. The number of hydrogen-bond acceptors (Lipinski definition) is 3. The summed E-state index contributed by atoms with van der Waals surface area (Å²) in [6.45, 7) is 4.31. The number of carbonyl (C=O) groups is 1. The molecule has 1 aromatic rings. The van der Waals surface area contributed by atoms with E-state index in [9.17, 15) is 18.0 Å². The Morgan fingerprint density at radius 1 is 1.09 bits per heavy atom. The van der Waals surface area contributed by atoms with E-state index in [2.05, 4.69) is 10.2 Å². The molecule has 2 saturated heterocycles. The van der Waals surface area contributed by atoms with Gasteiger partial charge in [-0.15, -0.1) is 0 Å². The van der Waals surface area contributed by atoms with Crippen LogP contribution in [0.3, 0.4) is 0 Å². The van der Waals surface area contributed by atoms with E-state index < -0.39 is 28.9 Å². The maximum Gasteiger partial charge on any atom is 0.257 e. The van der Waals surface area contributed by atoms with Crippen molar-refractivity contribution in [1.29, 1.82) is 0 Å². The van der Waals surface area contributed by atoms with Crippen molar-refractivity contribution in [3.05, 3.63) is 35.1 Å². The maximum absolute atomic E-state index is 13.7. The average molecular weight is 313 g/mol. The largest absolute Gasteiger partial charge is 0.336 e. The summed E-state index contributed by atoms with van der Waals surface area (Å²) in [5.41, 5.74) is -0.408. The highest BCUT2D eigenvalue weighted by Gasteiger charge is 2.29. The molecular weight excluding hydrogens is 295 g/mol. The Labute approximate surface area is 126 Å². The van der Waals surface area contributed by atoms with Crippen LogP contribution in [0.25, 0.3) is 0 Å². The Morgan fingerprint density at radius 3 is 2.45 bits per heavy atom. The average Bonchev–Trinajstić information content (AvgIpc) is 3.07. The molecule has 1 amide bonds. The fourth-order valence-corrected chi connectivity index (χ4v) is 3.10. The van der Waals surface area contributed by atoms with Crippen molar-refractivity contribution in [2.24, 2.45) is 0 Å². The van der Waals surface area contributed by atoms with Crippen molar-refractivity contribution in [1.82, 2.24) is 15.1 Å². The third-order valence-electron chi connectivity index (χ3n) is 4.42. The molecule has 2 aliphatic heterocycles. The monoisotopic (exact) mass is 313 g/mol. The molecule has 2 aliphatic rings. The number of halogens is 3. The highest BCUT2D eigenvalue weighted by molar-refractivity contribution is 5.94. The molecule has 3 rings (SSSR count). The van der Waals surface area contributed by atoms with E-state index in [0.29, 0.717) is 32.2 Å². The topological polar surface area (TPSA) is 35.6 Å². The minimum absolute atomic E-state index is 0.408. The van der Waals surface area contributed by atoms with Crippen molar-refractivity contribution < 1.29 is 18.0 Å². The van der Waals surface area contributed by atoms with Crippen molar-refractivity contribution in [3.8, 4) is 0 Å². The van der Waals surface area contributed by atoms with Gasteiger partial charge in [-0.05, 0) is 25.1 Å². The predicted octanol–water partition coefficient (Wildman–Crippen LogP) is 1.22. The van der Waals surface area contributed by atoms with E-state index >= 15 is 0 Å². The standard InChI is InChI=1S/C15H18F3N3O/c16-12-2-1-11(13(17)14(12)18)15(22)21-7-5-20(6-8-21)10-3-4-19-9-10/h1-2,10,19H,3-9H2. The van der Waals surface area contributed by atoms with Crippen LogP contribution in [0.5, 0.6) is 0 Å². The Kier molecular flexibility index (Phi) is 4.35. The summed E-state index contributed by atoms with van der Waals surface area (Å²) in [5, 5.41) is 3.30. The number of nitrogens with zero attached hydrogens (tertiary/aromatic N) is 2. The second-order valence-corrected chi connectivity index (χ2v) is 5.70. The van der Waals surface area contributed by atoms with Crippen molar-refractivity contribution in [2.45, 2.75) is 12.5 Å². The molecule has 0 aliphatic carbocycles. The van der Waals surface area contributed by atoms with Gasteiger partial charge in [-0.1, -0.05) is 0 Å². The Bertz CT molecular complexity index is 567. The van der Waals surface area contributed by atoms with Gasteiger partial charge >= 0.3 is 0 Å². The summed E-state index contributed by atoms with van der Waals surface area (Å²) in [4.78, 5) is 16.1. The summed E-state index contributed by atoms with van der Waals surface area (Å²) >= 11 is 0. The van der Waals surface area contributed by atoms with Crippen LogP contribution in [0.2, 0.25) is 0 Å². The number of carbonyl (C=O) groups excluding carboxylic acids is 1. The Balaban J connectivity index is 1.66. The Morgan fingerprint density at radius 2 is 1.82 bits per heavy atom. The van der Waals surface area contributed by atoms with Crippen LogP contribution < -0.4 is 5.32 Å². The lowest BCUT2D eigenvalue weighted by molar-refractivity contribution is 0.0578. The number of rotatable bonds is 2. The van der Waals surface area contributed by atoms with Crippen LogP contribution in [0.15, 0.2) is 12.1 Å². The normalized spacial score (nSPS) is 23.0. The van der Waals surface area contributed by atoms with Gasteiger partial charge in [0, 0.05) is 38.8 Å². The quantitative estimate of drug-likeness (QED) is 0.834. The first-order chi connectivity index (χ1) is 10.6. The molecular formula is C15H18F3N3O. The van der Waals surface area contributed by atoms with Crippen LogP contribution in [0.4, 0.5) is 13.2 Å². The lowest BCUT2D eigenvalue weighted by Gasteiger charge is -2.37. The smallest absolute Gasteiger partial charge is 0.257 e. The van der Waals surface area contributed by atoms with E-state index in [1.165, 1.54) is 4.90 Å². The number of amides is 1. The molecule has 0 radical (unpaired) electrons. The number of nitrogens with one attached hydrogen (secondary N) is 1. The van der Waals surface area contributed by atoms with Crippen LogP contribution in [0.1, 0.15) is 16.8 Å². The van der Waals surface area contributed by atoms with E-state index in [1.54, 1.807) is 0 Å². The van der Waals surface area contributed by atoms with E-state index in [-0.39, 0.29) is 0 Å². The van der Waals surface area contributed by atoms with Crippen LogP contribution in [-0.2, 0) is 0 Å². The predicted molar refractivity (Wildman–Crippen MR) is 75.1 cm³/mol. The van der Waals surface area contributed by atoms with Crippen LogP contribution in [0, 0.1) is 17.5 Å². The second kappa shape index (κ2) is 6.26. The molecule has 0 aromatic heterocycles. The van der Waals surface area contributed by atoms with Crippen molar-refractivity contribution in [2.75, 3.05) is 39.3 Å². The molecule has 1 unspecified atom stereocenters. The van der Waals surface area contributed by atoms with Gasteiger partial charge in [0.05, 0.1) is 5.56 Å². The molecule has 7 heteroatoms. The van der Waals surface area contributed by atoms with Crippen LogP contribution >= 0.6 is 0 Å². The third-order valence-corrected chi connectivity index (χ3v) is 4.42. The SMILES string of the molecule is O=C(c1ccc(F)c(F)c1F)N1CCN(C2CCNC2)CC1. The van der Waals surface area contributed by atoms with E-state index in [1.807, 2.05) is 0 Å². The number of benzene rings is 1. The van der Waals surface area contributed by atoms with Gasteiger partial charge in [-0.25, -0.2) is 13.2 Å². The van der Waals surface area contributed by atoms with Gasteiger partial charge in [-0.2, -0.15) is 0 Å². The van der Waals surface area contributed by atoms with Gasteiger partial charge < -0.3 is 10.2 Å². The van der Waals surface area contributed by atoms with Gasteiger partial charge in [-0.3, -0.25) is 9.69 Å². The summed E-state index contributed by atoms with van der Waals surface area (Å²) in [6, 6.07) is 2.27. The molecule has 1 N–H and O–H groups in total. The first-order valence-corrected chi connectivity index (χ1v) is 7.45. The molecule has 2 heterocycles. The summed E-state index contributed by atoms with van der Waals surface area (Å²) in [6.07, 6.45) is 1.09. The summed E-state index contributed by atoms with van der Waals surface area (Å²) in [5.74, 6) is -4.87. The fraction of sp³-hybridized carbons (Fsp3) is 0.533. The summed E-state index contributed by atoms with van der Waals surface area (Å²) < 4.78 is 39.9. The second-order valence-electron chi connectivity index (χ2n) is 5.70. The lowest BCUT2D eigenvalue weighted by Crippen LogP contribution is -2.52. The maximum atomic E-state index is 13.7. The number of hydrogen-bond donors (Lipinski definition) is 1. The van der Waals surface area contributed by atoms with Crippen molar-refractivity contribution in [3.63, 3.8) is 0 Å². The van der Waals surface area contributed by atoms with Gasteiger partial charge in [0.2, 0.25) is 0 Å². The highest BCUT2D eigenvalue weighted by Crippen LogP contribution is 2.19.